The molecule has 0 saturated heterocycles. The molecule has 0 rings (SSSR count). The van der Waals surface area contributed by atoms with Gasteiger partial charge < -0.3 is 5.73 Å². The highest BCUT2D eigenvalue weighted by Crippen LogP contribution is 1.73. The highest BCUT2D eigenvalue weighted by molar-refractivity contribution is 6.93. The van der Waals surface area contributed by atoms with Crippen molar-refractivity contribution in [3.63, 3.8) is 0 Å². The molecule has 0 aromatic heterocycles. The van der Waals surface area contributed by atoms with Gasteiger partial charge in [0, 0.05) is 0 Å². The molecule has 0 atom stereocenters. The molecule has 2 N–H and O–H groups in total. The molecule has 0 saturated carbocycles. The maximum absolute atomic E-state index is 5.25. The Bertz CT molecular complexity index is 17.1. The van der Waals surface area contributed by atoms with Crippen LogP contribution in [0.4, 0.5) is 0 Å². The van der Waals surface area contributed by atoms with Gasteiger partial charge in [-0.25, -0.2) is 0 Å². The normalized spacial score (nSPS) is 8.40. The summed E-state index contributed by atoms with van der Waals surface area (Å²) in [5.41, 5.74) is 5.06. The molecule has 0 aliphatic carbocycles. The number of nitrogens with two attached hydrogens (primary N) is 1. The van der Waals surface area contributed by atoms with Crippen molar-refractivity contribution in [1.82, 2.24) is 0 Å². The third-order valence-electron chi connectivity index (χ3n) is 0.239. The number of hydrogen-bond acceptors (Lipinski definition) is 1. The topological polar surface area (TPSA) is 26.0 Å². The molecule has 0 amide bonds. The summed E-state index contributed by atoms with van der Waals surface area (Å²) in [5.74, 6) is 0. The van der Waals surface area contributed by atoms with Gasteiger partial charge >= 0.3 is 0 Å². The van der Waals surface area contributed by atoms with E-state index in [9.17, 15) is 0 Å². The number of rotatable bonds is 2. The third kappa shape index (κ3) is 4.47. The summed E-state index contributed by atoms with van der Waals surface area (Å²) in [6.45, 7) is 0.724. The Morgan fingerprint density at radius 2 is 2.40 bits per heavy atom. The molecule has 0 unspecified atom stereocenters. The van der Waals surface area contributed by atoms with Crippen LogP contribution >= 0.6 is 11.1 Å². The molecule has 0 aromatic rings. The summed E-state index contributed by atoms with van der Waals surface area (Å²) >= 11 is 5.25. The fourth-order valence-electron chi connectivity index (χ4n) is 0.0546. The van der Waals surface area contributed by atoms with Gasteiger partial charge in [0.25, 0.3) is 0 Å². The summed E-state index contributed by atoms with van der Waals surface area (Å²) in [6.07, 6.45) is 0. The molecule has 0 aliphatic heterocycles. The van der Waals surface area contributed by atoms with Crippen molar-refractivity contribution in [3.8, 4) is 0 Å². The van der Waals surface area contributed by atoms with Gasteiger partial charge in [-0.05, 0) is 12.6 Å². The lowest BCUT2D eigenvalue weighted by molar-refractivity contribution is 1.13. The first-order chi connectivity index (χ1) is 2.41. The van der Waals surface area contributed by atoms with Crippen LogP contribution in [-0.2, 0) is 0 Å². The second-order valence-corrected chi connectivity index (χ2v) is 2.24. The van der Waals surface area contributed by atoms with E-state index >= 15 is 0 Å². The van der Waals surface area contributed by atoms with Crippen LogP contribution in [0.5, 0.6) is 0 Å². The highest BCUT2D eigenvalue weighted by atomic mass is 35.6. The van der Waals surface area contributed by atoms with Gasteiger partial charge in [-0.2, -0.15) is 11.1 Å². The fourth-order valence-corrected chi connectivity index (χ4v) is 0.491. The van der Waals surface area contributed by atoms with Gasteiger partial charge in [0.05, 0.1) is 0 Å². The van der Waals surface area contributed by atoms with Crippen molar-refractivity contribution in [2.75, 3.05) is 6.54 Å². The Hall–Kier alpha value is 0.467. The van der Waals surface area contributed by atoms with E-state index in [1.165, 1.54) is 0 Å². The van der Waals surface area contributed by atoms with Crippen molar-refractivity contribution in [1.29, 1.82) is 0 Å². The van der Waals surface area contributed by atoms with Crippen LogP contribution in [0.1, 0.15) is 0 Å². The van der Waals surface area contributed by atoms with E-state index in [1.54, 1.807) is 0 Å². The Morgan fingerprint density at radius 3 is 2.40 bits per heavy atom. The lowest BCUT2D eigenvalue weighted by atomic mass is 10.8. The summed E-state index contributed by atoms with van der Waals surface area (Å²) in [6, 6.07) is 0.960. The van der Waals surface area contributed by atoms with Gasteiger partial charge in [-0.1, -0.05) is 0 Å². The van der Waals surface area contributed by atoms with E-state index in [1.807, 2.05) is 0 Å². The van der Waals surface area contributed by atoms with Crippen molar-refractivity contribution in [2.45, 2.75) is 6.04 Å². The summed E-state index contributed by atoms with van der Waals surface area (Å²) < 4.78 is 0. The standard InChI is InChI=1S/C2H6ClNSi/c3-5-2-1-4/h1-2,4H2. The van der Waals surface area contributed by atoms with E-state index in [-0.39, 0.29) is 0 Å². The average Bonchev–Trinajstić information content (AvgIpc) is 1.41. The molecule has 0 aliphatic rings. The van der Waals surface area contributed by atoms with Crippen molar-refractivity contribution >= 4 is 19.9 Å². The Morgan fingerprint density at radius 1 is 1.80 bits per heavy atom. The molecule has 5 heavy (non-hydrogen) atoms. The summed E-state index contributed by atoms with van der Waals surface area (Å²) in [4.78, 5) is 0. The van der Waals surface area contributed by atoms with Crippen molar-refractivity contribution in [3.05, 3.63) is 0 Å². The first-order valence-corrected chi connectivity index (χ1v) is 3.67. The summed E-state index contributed by atoms with van der Waals surface area (Å²) in [7, 11) is 0.505. The molecule has 3 heteroatoms. The molecular formula is C2H6ClNSi. The second kappa shape index (κ2) is 4.47. The van der Waals surface area contributed by atoms with Crippen LogP contribution in [0.25, 0.3) is 0 Å². The van der Waals surface area contributed by atoms with E-state index < -0.39 is 0 Å². The maximum atomic E-state index is 5.25. The molecule has 0 spiro atoms. The molecule has 30 valence electrons. The van der Waals surface area contributed by atoms with Crippen LogP contribution in [0, 0.1) is 0 Å². The summed E-state index contributed by atoms with van der Waals surface area (Å²) in [5, 5.41) is 0. The molecule has 1 nitrogen and oxygen atoms in total. The van der Waals surface area contributed by atoms with Crippen molar-refractivity contribution in [2.24, 2.45) is 5.73 Å². The minimum Gasteiger partial charge on any atom is -0.331 e. The monoisotopic (exact) mass is 107 g/mol. The average molecular weight is 108 g/mol. The highest BCUT2D eigenvalue weighted by Gasteiger charge is 1.73. The molecule has 0 aromatic carbocycles. The van der Waals surface area contributed by atoms with E-state index in [0.717, 1.165) is 12.6 Å². The Labute approximate surface area is 39.0 Å². The lowest BCUT2D eigenvalue weighted by Crippen LogP contribution is -1.98. The predicted molar refractivity (Wildman–Crippen MR) is 25.5 cm³/mol. The van der Waals surface area contributed by atoms with Gasteiger partial charge in [0.2, 0.25) is 0 Å². The quantitative estimate of drug-likeness (QED) is 0.397. The van der Waals surface area contributed by atoms with Gasteiger partial charge in [0.15, 0.2) is 8.83 Å². The molecule has 0 fully saturated rings. The van der Waals surface area contributed by atoms with Crippen LogP contribution in [-0.4, -0.2) is 15.4 Å². The minimum atomic E-state index is 0.505. The van der Waals surface area contributed by atoms with Crippen LogP contribution in [0.2, 0.25) is 6.04 Å². The van der Waals surface area contributed by atoms with Crippen LogP contribution < -0.4 is 5.73 Å². The zero-order chi connectivity index (χ0) is 4.12. The zero-order valence-corrected chi connectivity index (χ0v) is 4.63. The van der Waals surface area contributed by atoms with Gasteiger partial charge in [-0.15, -0.1) is 0 Å². The first-order valence-electron chi connectivity index (χ1n) is 1.45. The largest absolute Gasteiger partial charge is 0.331 e. The first kappa shape index (κ1) is 5.47. The molecule has 2 radical (unpaired) electrons. The molecular weight excluding hydrogens is 102 g/mol. The van der Waals surface area contributed by atoms with Crippen molar-refractivity contribution < 1.29 is 0 Å². The van der Waals surface area contributed by atoms with E-state index in [2.05, 4.69) is 0 Å². The maximum Gasteiger partial charge on any atom is 0.173 e. The van der Waals surface area contributed by atoms with Gasteiger partial charge in [-0.3, -0.25) is 0 Å². The smallest absolute Gasteiger partial charge is 0.173 e. The Kier molecular flexibility index (Phi) is 4.88. The second-order valence-electron chi connectivity index (χ2n) is 0.672. The Balaban J connectivity index is 2.19. The lowest BCUT2D eigenvalue weighted by Gasteiger charge is -1.76. The predicted octanol–water partition coefficient (Wildman–Crippen LogP) is 0.221. The zero-order valence-electron chi connectivity index (χ0n) is 2.87. The number of halogens is 1. The minimum absolute atomic E-state index is 0.505. The third-order valence-corrected chi connectivity index (χ3v) is 1.28. The molecule has 0 heterocycles. The molecule has 0 bridgehead atoms. The van der Waals surface area contributed by atoms with E-state index in [4.69, 9.17) is 16.8 Å². The SMILES string of the molecule is NCC[Si]Cl. The van der Waals surface area contributed by atoms with E-state index in [0.29, 0.717) is 8.83 Å². The number of hydrogen-bond donors (Lipinski definition) is 1. The van der Waals surface area contributed by atoms with Crippen LogP contribution in [0.15, 0.2) is 0 Å². The van der Waals surface area contributed by atoms with Crippen LogP contribution in [0.3, 0.4) is 0 Å². The van der Waals surface area contributed by atoms with Gasteiger partial charge in [0.1, 0.15) is 0 Å². The fraction of sp³-hybridized carbons (Fsp3) is 1.00.